The fourth-order valence-corrected chi connectivity index (χ4v) is 2.42. The maximum atomic E-state index is 9.13. The Morgan fingerprint density at radius 3 is 3.18 bits per heavy atom. The summed E-state index contributed by atoms with van der Waals surface area (Å²) in [5, 5.41) is 17.4. The molecule has 2 rings (SSSR count). The van der Waals surface area contributed by atoms with E-state index in [2.05, 4.69) is 26.7 Å². The highest BCUT2D eigenvalue weighted by Crippen LogP contribution is 2.21. The molecule has 0 bridgehead atoms. The van der Waals surface area contributed by atoms with Gasteiger partial charge in [-0.15, -0.1) is 5.10 Å². The van der Waals surface area contributed by atoms with Crippen molar-refractivity contribution in [1.82, 2.24) is 14.5 Å². The fraction of sp³-hybridized carbons (Fsp3) is 0.800. The maximum Gasteiger partial charge on any atom is 0.134 e. The van der Waals surface area contributed by atoms with Crippen LogP contribution in [0.4, 0.5) is 5.00 Å². The second-order valence-electron chi connectivity index (χ2n) is 4.22. The Kier molecular flexibility index (Phi) is 4.27. The van der Waals surface area contributed by atoms with Crippen LogP contribution in [0.2, 0.25) is 0 Å². The number of nitrogens with zero attached hydrogens (tertiary/aromatic N) is 3. The van der Waals surface area contributed by atoms with E-state index in [-0.39, 0.29) is 12.7 Å². The molecule has 0 radical (unpaired) electrons. The van der Waals surface area contributed by atoms with Crippen LogP contribution in [0, 0.1) is 0 Å². The van der Waals surface area contributed by atoms with E-state index < -0.39 is 0 Å². The first-order valence-electron chi connectivity index (χ1n) is 5.70. The maximum absolute atomic E-state index is 9.13. The smallest absolute Gasteiger partial charge is 0.134 e. The molecule has 2 heterocycles. The van der Waals surface area contributed by atoms with Gasteiger partial charge in [0.05, 0.1) is 19.3 Å². The molecule has 0 aromatic carbocycles. The van der Waals surface area contributed by atoms with Crippen LogP contribution in [-0.4, -0.2) is 58.5 Å². The summed E-state index contributed by atoms with van der Waals surface area (Å²) in [7, 11) is 1.87. The molecule has 0 saturated carbocycles. The second kappa shape index (κ2) is 5.72. The number of aliphatic hydroxyl groups excluding tert-OH is 1. The Morgan fingerprint density at radius 2 is 2.47 bits per heavy atom. The molecule has 0 aliphatic carbocycles. The first kappa shape index (κ1) is 12.7. The van der Waals surface area contributed by atoms with Crippen LogP contribution in [0.1, 0.15) is 12.6 Å². The molecule has 96 valence electrons. The Morgan fingerprint density at radius 1 is 1.65 bits per heavy atom. The molecular weight excluding hydrogens is 240 g/mol. The van der Waals surface area contributed by atoms with Crippen molar-refractivity contribution in [1.29, 1.82) is 0 Å². The summed E-state index contributed by atoms with van der Waals surface area (Å²) >= 11 is 1.37. The van der Waals surface area contributed by atoms with Gasteiger partial charge in [-0.25, -0.2) is 0 Å². The van der Waals surface area contributed by atoms with Crippen molar-refractivity contribution in [3.05, 3.63) is 5.69 Å². The molecule has 7 heteroatoms. The number of aliphatic hydroxyl groups is 1. The number of ether oxygens (including phenoxy) is 1. The third-order valence-corrected chi connectivity index (χ3v) is 3.76. The quantitative estimate of drug-likeness (QED) is 0.802. The predicted octanol–water partition coefficient (Wildman–Crippen LogP) is 0.161. The van der Waals surface area contributed by atoms with E-state index in [4.69, 9.17) is 9.84 Å². The highest BCUT2D eigenvalue weighted by molar-refractivity contribution is 7.10. The summed E-state index contributed by atoms with van der Waals surface area (Å²) in [5.41, 5.74) is 0.961. The predicted molar refractivity (Wildman–Crippen MR) is 66.2 cm³/mol. The summed E-state index contributed by atoms with van der Waals surface area (Å²) < 4.78 is 9.45. The van der Waals surface area contributed by atoms with Crippen molar-refractivity contribution < 1.29 is 9.84 Å². The third-order valence-electron chi connectivity index (χ3n) is 2.97. The fourth-order valence-electron chi connectivity index (χ4n) is 1.90. The van der Waals surface area contributed by atoms with Crippen molar-refractivity contribution in [2.24, 2.45) is 0 Å². The van der Waals surface area contributed by atoms with Crippen molar-refractivity contribution in [3.63, 3.8) is 0 Å². The minimum Gasteiger partial charge on any atom is -0.394 e. The zero-order valence-corrected chi connectivity index (χ0v) is 10.9. The largest absolute Gasteiger partial charge is 0.394 e. The number of anilines is 1. The van der Waals surface area contributed by atoms with Gasteiger partial charge in [-0.05, 0) is 6.92 Å². The lowest BCUT2D eigenvalue weighted by Crippen LogP contribution is -2.48. The summed E-state index contributed by atoms with van der Waals surface area (Å²) in [4.78, 5) is 2.27. The van der Waals surface area contributed by atoms with Crippen LogP contribution in [0.3, 0.4) is 0 Å². The molecular formula is C10H18N4O2S. The standard InChI is InChI=1S/C10H18N4O2S/c1-7-6-16-8(5-15)3-14(7)4-9-10(11-2)17-13-12-9/h7-8,11,15H,3-6H2,1-2H3. The normalized spacial score (nSPS) is 26.1. The van der Waals surface area contributed by atoms with E-state index in [9.17, 15) is 0 Å². The van der Waals surface area contributed by atoms with Crippen LogP contribution in [-0.2, 0) is 11.3 Å². The van der Waals surface area contributed by atoms with Crippen molar-refractivity contribution in [2.45, 2.75) is 25.6 Å². The molecule has 2 N–H and O–H groups in total. The van der Waals surface area contributed by atoms with Gasteiger partial charge in [-0.3, -0.25) is 4.90 Å². The molecule has 2 atom stereocenters. The van der Waals surface area contributed by atoms with E-state index in [1.807, 2.05) is 7.05 Å². The van der Waals surface area contributed by atoms with Crippen molar-refractivity contribution in [2.75, 3.05) is 32.1 Å². The molecule has 0 amide bonds. The van der Waals surface area contributed by atoms with Crippen LogP contribution in [0.5, 0.6) is 0 Å². The Labute approximate surface area is 105 Å². The summed E-state index contributed by atoms with van der Waals surface area (Å²) in [6, 6.07) is 0.337. The summed E-state index contributed by atoms with van der Waals surface area (Å²) in [5.74, 6) is 0. The minimum absolute atomic E-state index is 0.0669. The number of morpholine rings is 1. The zero-order valence-electron chi connectivity index (χ0n) is 10.1. The number of hydrogen-bond donors (Lipinski definition) is 2. The molecule has 1 saturated heterocycles. The van der Waals surface area contributed by atoms with Gasteiger partial charge in [0.25, 0.3) is 0 Å². The van der Waals surface area contributed by atoms with Gasteiger partial charge >= 0.3 is 0 Å². The highest BCUT2D eigenvalue weighted by Gasteiger charge is 2.26. The lowest BCUT2D eigenvalue weighted by atomic mass is 10.2. The summed E-state index contributed by atoms with van der Waals surface area (Å²) in [6.07, 6.45) is -0.0872. The van der Waals surface area contributed by atoms with E-state index in [0.29, 0.717) is 12.6 Å². The van der Waals surface area contributed by atoms with Crippen LogP contribution < -0.4 is 5.32 Å². The van der Waals surface area contributed by atoms with E-state index in [1.165, 1.54) is 11.5 Å². The molecule has 0 spiro atoms. The van der Waals surface area contributed by atoms with Crippen LogP contribution >= 0.6 is 11.5 Å². The van der Waals surface area contributed by atoms with Crippen molar-refractivity contribution in [3.8, 4) is 0 Å². The van der Waals surface area contributed by atoms with Gasteiger partial charge in [0.1, 0.15) is 10.7 Å². The second-order valence-corrected chi connectivity index (χ2v) is 4.97. The molecule has 1 aliphatic rings. The Balaban J connectivity index is 2.01. The van der Waals surface area contributed by atoms with E-state index >= 15 is 0 Å². The van der Waals surface area contributed by atoms with E-state index in [1.54, 1.807) is 0 Å². The van der Waals surface area contributed by atoms with E-state index in [0.717, 1.165) is 23.8 Å². The number of rotatable bonds is 4. The summed E-state index contributed by atoms with van der Waals surface area (Å²) in [6.45, 7) is 4.31. The van der Waals surface area contributed by atoms with Crippen molar-refractivity contribution >= 4 is 16.5 Å². The lowest BCUT2D eigenvalue weighted by Gasteiger charge is -2.36. The number of aromatic nitrogens is 2. The van der Waals surface area contributed by atoms with Crippen LogP contribution in [0.25, 0.3) is 0 Å². The third kappa shape index (κ3) is 2.92. The van der Waals surface area contributed by atoms with Gasteiger partial charge < -0.3 is 15.2 Å². The topological polar surface area (TPSA) is 70.5 Å². The van der Waals surface area contributed by atoms with Gasteiger partial charge in [-0.1, -0.05) is 4.49 Å². The van der Waals surface area contributed by atoms with Crippen LogP contribution in [0.15, 0.2) is 0 Å². The minimum atomic E-state index is -0.0872. The first-order valence-corrected chi connectivity index (χ1v) is 6.47. The van der Waals surface area contributed by atoms with Gasteiger partial charge in [0.15, 0.2) is 0 Å². The SMILES string of the molecule is CNc1snnc1CN1CC(CO)OCC1C. The molecule has 6 nitrogen and oxygen atoms in total. The van der Waals surface area contributed by atoms with Gasteiger partial charge in [0, 0.05) is 37.7 Å². The zero-order chi connectivity index (χ0) is 12.3. The number of nitrogens with one attached hydrogen (secondary N) is 1. The average molecular weight is 258 g/mol. The van der Waals surface area contributed by atoms with Gasteiger partial charge in [-0.2, -0.15) is 0 Å². The van der Waals surface area contributed by atoms with Gasteiger partial charge in [0.2, 0.25) is 0 Å². The Bertz CT molecular complexity index is 360. The molecule has 1 fully saturated rings. The highest BCUT2D eigenvalue weighted by atomic mass is 32.1. The average Bonchev–Trinajstić information content (AvgIpc) is 2.79. The first-order chi connectivity index (χ1) is 8.24. The molecule has 1 aromatic rings. The number of hydrogen-bond acceptors (Lipinski definition) is 7. The molecule has 1 aromatic heterocycles. The molecule has 2 unspecified atom stereocenters. The molecule has 1 aliphatic heterocycles. The lowest BCUT2D eigenvalue weighted by molar-refractivity contribution is -0.0808. The monoisotopic (exact) mass is 258 g/mol. The Hall–Kier alpha value is -0.760. The molecule has 17 heavy (non-hydrogen) atoms.